The highest BCUT2D eigenvalue weighted by molar-refractivity contribution is 6.28. The van der Waals surface area contributed by atoms with Crippen molar-refractivity contribution in [2.24, 2.45) is 0 Å². The fourth-order valence-corrected chi connectivity index (χ4v) is 0.952. The highest BCUT2D eigenvalue weighted by Crippen LogP contribution is 2.20. The second-order valence-electron chi connectivity index (χ2n) is 2.20. The average Bonchev–Trinajstić information content (AvgIpc) is 2.13. The lowest BCUT2D eigenvalue weighted by Gasteiger charge is -2.15. The van der Waals surface area contributed by atoms with Crippen molar-refractivity contribution in [1.29, 1.82) is 0 Å². The van der Waals surface area contributed by atoms with Gasteiger partial charge in [0.05, 0.1) is 5.54 Å². The molecule has 4 heteroatoms. The molecule has 1 atom stereocenters. The maximum atomic E-state index is 5.57. The molecule has 0 aromatic rings. The average molecular weight is 168 g/mol. The molecular formula is C5H7Cl2NO. The van der Waals surface area contributed by atoms with E-state index in [0.717, 1.165) is 0 Å². The molecule has 1 N–H and O–H groups in total. The zero-order chi connectivity index (χ0) is 6.91. The number of halogens is 2. The molecule has 0 radical (unpaired) electrons. The van der Waals surface area contributed by atoms with Crippen LogP contribution in [0.5, 0.6) is 0 Å². The van der Waals surface area contributed by atoms with Gasteiger partial charge in [0, 0.05) is 5.88 Å². The summed E-state index contributed by atoms with van der Waals surface area (Å²) >= 11 is 11.1. The van der Waals surface area contributed by atoms with E-state index < -0.39 is 0 Å². The molecule has 1 unspecified atom stereocenters. The van der Waals surface area contributed by atoms with Gasteiger partial charge in [-0.1, -0.05) is 0 Å². The van der Waals surface area contributed by atoms with Crippen LogP contribution in [0.15, 0.2) is 11.3 Å². The van der Waals surface area contributed by atoms with Crippen LogP contribution in [0.3, 0.4) is 0 Å². The minimum atomic E-state index is -0.293. The van der Waals surface area contributed by atoms with E-state index in [4.69, 9.17) is 28.0 Å². The van der Waals surface area contributed by atoms with Gasteiger partial charge >= 0.3 is 0 Å². The Bertz CT molecular complexity index is 148. The summed E-state index contributed by atoms with van der Waals surface area (Å²) < 4.78 is 0. The van der Waals surface area contributed by atoms with E-state index in [-0.39, 0.29) is 5.54 Å². The maximum Gasteiger partial charge on any atom is 0.211 e. The number of alkyl halides is 1. The third kappa shape index (κ3) is 1.51. The standard InChI is InChI=1S/C5H7Cl2NO/c1-5(3-6)2-4(7)9-8-5/h2,8H,3H2,1H3. The third-order valence-electron chi connectivity index (χ3n) is 1.09. The summed E-state index contributed by atoms with van der Waals surface area (Å²) in [5.74, 6) is 0.448. The van der Waals surface area contributed by atoms with E-state index in [1.54, 1.807) is 6.08 Å². The predicted octanol–water partition coefficient (Wildman–Crippen LogP) is 1.60. The van der Waals surface area contributed by atoms with Crippen molar-refractivity contribution in [3.63, 3.8) is 0 Å². The van der Waals surface area contributed by atoms with Gasteiger partial charge in [-0.15, -0.1) is 17.1 Å². The molecule has 2 nitrogen and oxygen atoms in total. The summed E-state index contributed by atoms with van der Waals surface area (Å²) in [6.07, 6.45) is 1.74. The molecule has 0 aliphatic carbocycles. The summed E-state index contributed by atoms with van der Waals surface area (Å²) in [6, 6.07) is 0. The van der Waals surface area contributed by atoms with E-state index in [0.29, 0.717) is 11.1 Å². The topological polar surface area (TPSA) is 21.3 Å². The molecule has 0 saturated carbocycles. The first-order valence-electron chi connectivity index (χ1n) is 2.55. The number of hydroxylamine groups is 1. The first kappa shape index (κ1) is 7.19. The minimum Gasteiger partial charge on any atom is -0.396 e. The van der Waals surface area contributed by atoms with Crippen LogP contribution in [0.25, 0.3) is 0 Å². The largest absolute Gasteiger partial charge is 0.396 e. The van der Waals surface area contributed by atoms with Crippen LogP contribution in [0.2, 0.25) is 0 Å². The first-order valence-corrected chi connectivity index (χ1v) is 3.46. The van der Waals surface area contributed by atoms with E-state index in [2.05, 4.69) is 5.48 Å². The van der Waals surface area contributed by atoms with Gasteiger partial charge in [0.25, 0.3) is 0 Å². The number of nitrogens with one attached hydrogen (secondary N) is 1. The third-order valence-corrected chi connectivity index (χ3v) is 1.83. The van der Waals surface area contributed by atoms with Gasteiger partial charge in [-0.3, -0.25) is 0 Å². The van der Waals surface area contributed by atoms with Gasteiger partial charge in [-0.25, -0.2) is 0 Å². The van der Waals surface area contributed by atoms with Crippen LogP contribution < -0.4 is 5.48 Å². The molecule has 0 amide bonds. The Morgan fingerprint density at radius 2 is 2.56 bits per heavy atom. The fraction of sp³-hybridized carbons (Fsp3) is 0.600. The summed E-state index contributed by atoms with van der Waals surface area (Å²) in [5, 5.41) is 0.359. The molecule has 1 rings (SSSR count). The quantitative estimate of drug-likeness (QED) is 0.600. The van der Waals surface area contributed by atoms with E-state index >= 15 is 0 Å². The number of hydrogen-bond acceptors (Lipinski definition) is 2. The summed E-state index contributed by atoms with van der Waals surface area (Å²) in [5.41, 5.74) is 2.38. The van der Waals surface area contributed by atoms with Crippen LogP contribution in [0, 0.1) is 0 Å². The second kappa shape index (κ2) is 2.37. The molecule has 0 bridgehead atoms. The summed E-state index contributed by atoms with van der Waals surface area (Å²) in [7, 11) is 0. The van der Waals surface area contributed by atoms with Gasteiger partial charge < -0.3 is 4.84 Å². The van der Waals surface area contributed by atoms with Gasteiger partial charge in [0.1, 0.15) is 0 Å². The normalized spacial score (nSPS) is 33.9. The van der Waals surface area contributed by atoms with Gasteiger partial charge in [0.2, 0.25) is 5.22 Å². The van der Waals surface area contributed by atoms with E-state index in [1.807, 2.05) is 6.92 Å². The Morgan fingerprint density at radius 3 is 2.78 bits per heavy atom. The molecule has 0 fully saturated rings. The molecule has 0 aromatic carbocycles. The summed E-state index contributed by atoms with van der Waals surface area (Å²) in [6.45, 7) is 1.90. The Labute approximate surface area is 63.7 Å². The van der Waals surface area contributed by atoms with E-state index in [9.17, 15) is 0 Å². The van der Waals surface area contributed by atoms with Gasteiger partial charge in [0.15, 0.2) is 0 Å². The zero-order valence-electron chi connectivity index (χ0n) is 4.95. The van der Waals surface area contributed by atoms with Crippen molar-refractivity contribution >= 4 is 23.2 Å². The van der Waals surface area contributed by atoms with Crippen molar-refractivity contribution in [2.75, 3.05) is 5.88 Å². The Hall–Kier alpha value is 0.0800. The SMILES string of the molecule is CC1(CCl)C=C(Cl)ON1. The Balaban J connectivity index is 2.64. The van der Waals surface area contributed by atoms with Crippen molar-refractivity contribution in [2.45, 2.75) is 12.5 Å². The Kier molecular flexibility index (Phi) is 1.89. The molecule has 0 aromatic heterocycles. The smallest absolute Gasteiger partial charge is 0.211 e. The lowest BCUT2D eigenvalue weighted by molar-refractivity contribution is 0.106. The number of rotatable bonds is 1. The van der Waals surface area contributed by atoms with Crippen LogP contribution >= 0.6 is 23.2 Å². The predicted molar refractivity (Wildman–Crippen MR) is 37.3 cm³/mol. The molecular weight excluding hydrogens is 161 g/mol. The van der Waals surface area contributed by atoms with Gasteiger partial charge in [-0.05, 0) is 24.6 Å². The highest BCUT2D eigenvalue weighted by Gasteiger charge is 2.27. The van der Waals surface area contributed by atoms with Gasteiger partial charge in [-0.2, -0.15) is 0 Å². The summed E-state index contributed by atoms with van der Waals surface area (Å²) in [4.78, 5) is 4.75. The molecule has 0 spiro atoms. The first-order chi connectivity index (χ1) is 4.16. The minimum absolute atomic E-state index is 0.293. The van der Waals surface area contributed by atoms with Crippen LogP contribution in [0.4, 0.5) is 0 Å². The number of hydrogen-bond donors (Lipinski definition) is 1. The molecule has 1 aliphatic heterocycles. The fourth-order valence-electron chi connectivity index (χ4n) is 0.541. The molecule has 52 valence electrons. The lowest BCUT2D eigenvalue weighted by Crippen LogP contribution is -2.37. The monoisotopic (exact) mass is 167 g/mol. The Morgan fingerprint density at radius 1 is 1.89 bits per heavy atom. The molecule has 1 aliphatic rings. The van der Waals surface area contributed by atoms with Crippen LogP contribution in [-0.2, 0) is 4.84 Å². The highest BCUT2D eigenvalue weighted by atomic mass is 35.5. The second-order valence-corrected chi connectivity index (χ2v) is 2.84. The van der Waals surface area contributed by atoms with Crippen molar-refractivity contribution in [3.8, 4) is 0 Å². The molecule has 1 heterocycles. The lowest BCUT2D eigenvalue weighted by atomic mass is 10.1. The van der Waals surface area contributed by atoms with Crippen molar-refractivity contribution < 1.29 is 4.84 Å². The zero-order valence-corrected chi connectivity index (χ0v) is 6.46. The molecule has 0 saturated heterocycles. The van der Waals surface area contributed by atoms with Crippen LogP contribution in [-0.4, -0.2) is 11.4 Å². The molecule has 9 heavy (non-hydrogen) atoms. The maximum absolute atomic E-state index is 5.57. The van der Waals surface area contributed by atoms with Crippen LogP contribution in [0.1, 0.15) is 6.92 Å². The van der Waals surface area contributed by atoms with Crippen molar-refractivity contribution in [1.82, 2.24) is 5.48 Å². The van der Waals surface area contributed by atoms with E-state index in [1.165, 1.54) is 0 Å². The van der Waals surface area contributed by atoms with Crippen molar-refractivity contribution in [3.05, 3.63) is 11.3 Å².